The highest BCUT2D eigenvalue weighted by molar-refractivity contribution is 5.98. The van der Waals surface area contributed by atoms with E-state index in [0.29, 0.717) is 55.5 Å². The van der Waals surface area contributed by atoms with Gasteiger partial charge in [0.25, 0.3) is 0 Å². The molecule has 1 aromatic rings. The topological polar surface area (TPSA) is 156 Å². The molecule has 13 nitrogen and oxygen atoms in total. The monoisotopic (exact) mass is 636 g/mol. The first-order valence-corrected chi connectivity index (χ1v) is 15.2. The van der Waals surface area contributed by atoms with Gasteiger partial charge in [-0.05, 0) is 62.8 Å². The molecule has 3 rings (SSSR count). The fourth-order valence-corrected chi connectivity index (χ4v) is 5.84. The van der Waals surface area contributed by atoms with Crippen LogP contribution in [0.25, 0.3) is 0 Å². The molecule has 0 radical (unpaired) electrons. The molecule has 0 saturated carbocycles. The molecule has 0 aliphatic carbocycles. The minimum atomic E-state index is -1.52. The van der Waals surface area contributed by atoms with Crippen molar-refractivity contribution in [1.82, 2.24) is 20.4 Å². The van der Waals surface area contributed by atoms with Gasteiger partial charge in [0.15, 0.2) is 0 Å². The first-order valence-electron chi connectivity index (χ1n) is 15.2. The fourth-order valence-electron chi connectivity index (χ4n) is 5.84. The van der Waals surface area contributed by atoms with Crippen LogP contribution in [-0.2, 0) is 28.5 Å². The zero-order valence-electron chi connectivity index (χ0n) is 26.2. The molecule has 250 valence electrons. The van der Waals surface area contributed by atoms with Crippen LogP contribution >= 0.6 is 0 Å². The zero-order valence-corrected chi connectivity index (χ0v) is 26.2. The van der Waals surface area contributed by atoms with E-state index in [1.807, 2.05) is 7.05 Å². The number of amides is 3. The third kappa shape index (κ3) is 11.0. The summed E-state index contributed by atoms with van der Waals surface area (Å²) in [5.74, 6) is -2.31. The molecule has 2 aliphatic rings. The van der Waals surface area contributed by atoms with Gasteiger partial charge in [-0.3, -0.25) is 4.90 Å². The second-order valence-corrected chi connectivity index (χ2v) is 11.2. The first kappa shape index (κ1) is 35.7. The predicted molar refractivity (Wildman–Crippen MR) is 161 cm³/mol. The van der Waals surface area contributed by atoms with Crippen molar-refractivity contribution in [2.75, 3.05) is 67.3 Å². The van der Waals surface area contributed by atoms with Crippen LogP contribution < -0.4 is 10.6 Å². The van der Waals surface area contributed by atoms with E-state index in [0.717, 1.165) is 46.2 Å². The summed E-state index contributed by atoms with van der Waals surface area (Å²) >= 11 is 0. The van der Waals surface area contributed by atoms with Gasteiger partial charge in [0, 0.05) is 44.8 Å². The average Bonchev–Trinajstić information content (AvgIpc) is 3.04. The van der Waals surface area contributed by atoms with Crippen LogP contribution in [-0.4, -0.2) is 112 Å². The molecule has 1 unspecified atom stereocenters. The largest absolute Gasteiger partial charge is 0.466 e. The summed E-state index contributed by atoms with van der Waals surface area (Å²) < 4.78 is 35.3. The molecular formula is C31H45FN4O9. The summed E-state index contributed by atoms with van der Waals surface area (Å²) in [6.07, 6.45) is 2.77. The zero-order chi connectivity index (χ0) is 32.8. The van der Waals surface area contributed by atoms with Crippen molar-refractivity contribution in [2.24, 2.45) is 11.8 Å². The Hall–Kier alpha value is -3.75. The van der Waals surface area contributed by atoms with Gasteiger partial charge in [0.2, 0.25) is 0 Å². The highest BCUT2D eigenvalue weighted by Crippen LogP contribution is 2.33. The summed E-state index contributed by atoms with van der Waals surface area (Å²) in [6.45, 7) is 2.41. The number of hydrogen-bond donors (Lipinski definition) is 3. The number of carboxylic acid groups (broad SMARTS) is 1. The van der Waals surface area contributed by atoms with Crippen molar-refractivity contribution in [3.63, 3.8) is 0 Å². The van der Waals surface area contributed by atoms with Crippen LogP contribution in [0.15, 0.2) is 36.0 Å². The average molecular weight is 637 g/mol. The van der Waals surface area contributed by atoms with Gasteiger partial charge in [-0.25, -0.2) is 23.6 Å². The number of rotatable bonds is 14. The summed E-state index contributed by atoms with van der Waals surface area (Å²) in [5.41, 5.74) is -0.00744. The molecule has 2 aliphatic heterocycles. The van der Waals surface area contributed by atoms with E-state index < -0.39 is 35.7 Å². The Morgan fingerprint density at radius 3 is 2.64 bits per heavy atom. The number of ether oxygens (including phenoxy) is 4. The number of halogens is 1. The molecule has 2 heterocycles. The molecule has 3 amide bonds. The second kappa shape index (κ2) is 18.3. The smallest absolute Gasteiger partial charge is 0.412 e. The van der Waals surface area contributed by atoms with Gasteiger partial charge in [-0.1, -0.05) is 12.1 Å². The third-order valence-corrected chi connectivity index (χ3v) is 7.99. The lowest BCUT2D eigenvalue weighted by atomic mass is 9.88. The van der Waals surface area contributed by atoms with Crippen molar-refractivity contribution in [2.45, 2.75) is 44.2 Å². The Morgan fingerprint density at radius 2 is 2.00 bits per heavy atom. The van der Waals surface area contributed by atoms with Crippen LogP contribution in [0.5, 0.6) is 0 Å². The normalized spacial score (nSPS) is 20.1. The van der Waals surface area contributed by atoms with Crippen molar-refractivity contribution in [3.05, 3.63) is 47.4 Å². The number of likely N-dealkylation sites (tertiary alicyclic amines) is 1. The molecule has 0 aromatic heterocycles. The van der Waals surface area contributed by atoms with Crippen LogP contribution in [0.1, 0.15) is 43.8 Å². The molecule has 45 heavy (non-hydrogen) atoms. The van der Waals surface area contributed by atoms with Crippen LogP contribution in [0, 0.1) is 17.7 Å². The van der Waals surface area contributed by atoms with Crippen LogP contribution in [0.3, 0.4) is 0 Å². The molecule has 0 bridgehead atoms. The van der Waals surface area contributed by atoms with Crippen LogP contribution in [0.4, 0.5) is 14.0 Å². The standard InChI is InChI=1S/C31H45FN4O9/c1-33-18-25(15-21-7-6-13-44-20-21)34-30(39)35-11-5-9-23(19-35)28(22-8-4-10-24(32)16-22)45-14-12-36(31(40)41)26(29(38)43-3)17-27(37)42-2/h4,8,10,16-17,21,23,25,28,33H,5-7,9,11-15,18-20H2,1-3H3,(H,34,39)(H,40,41)/b26-17-/t21-,23-,25+,28?/m1/s1. The van der Waals surface area contributed by atoms with Gasteiger partial charge in [0.1, 0.15) is 11.5 Å². The number of esters is 2. The number of hydrogen-bond acceptors (Lipinski definition) is 9. The number of likely N-dealkylation sites (N-methyl/N-ethyl adjacent to an activating group) is 1. The molecule has 1 aromatic carbocycles. The molecule has 4 atom stereocenters. The van der Waals surface area contributed by atoms with Gasteiger partial charge >= 0.3 is 24.1 Å². The van der Waals surface area contributed by atoms with E-state index in [2.05, 4.69) is 20.1 Å². The number of nitrogens with zero attached hydrogens (tertiary/aromatic N) is 2. The van der Waals surface area contributed by atoms with Crippen molar-refractivity contribution in [1.29, 1.82) is 0 Å². The number of benzene rings is 1. The third-order valence-electron chi connectivity index (χ3n) is 7.99. The minimum absolute atomic E-state index is 0.0751. The molecule has 14 heteroatoms. The van der Waals surface area contributed by atoms with E-state index in [1.165, 1.54) is 12.1 Å². The molecular weight excluding hydrogens is 591 g/mol. The Kier molecular flexibility index (Phi) is 14.5. The number of piperidine rings is 1. The molecule has 3 N–H and O–H groups in total. The lowest BCUT2D eigenvalue weighted by Crippen LogP contribution is -2.52. The second-order valence-electron chi connectivity index (χ2n) is 11.2. The molecule has 0 spiro atoms. The lowest BCUT2D eigenvalue weighted by Gasteiger charge is -2.38. The number of carbonyl (C=O) groups excluding carboxylic acids is 3. The highest BCUT2D eigenvalue weighted by Gasteiger charge is 2.33. The number of carbonyl (C=O) groups is 4. The number of methoxy groups -OCH3 is 2. The highest BCUT2D eigenvalue weighted by atomic mass is 19.1. The lowest BCUT2D eigenvalue weighted by molar-refractivity contribution is -0.140. The molecule has 2 saturated heterocycles. The fraction of sp³-hybridized carbons (Fsp3) is 0.613. The number of urea groups is 1. The predicted octanol–water partition coefficient (Wildman–Crippen LogP) is 2.92. The summed E-state index contributed by atoms with van der Waals surface area (Å²) in [7, 11) is 3.99. The number of nitrogens with one attached hydrogen (secondary N) is 2. The van der Waals surface area contributed by atoms with Gasteiger partial charge < -0.3 is 39.6 Å². The SMILES string of the molecule is CNC[C@H](C[C@H]1CCCOC1)NC(=O)N1CCC[C@@H](C(OCCN(C(=O)O)/C(=C\C(=O)OC)C(=O)OC)c2cccc(F)c2)C1. The summed E-state index contributed by atoms with van der Waals surface area (Å²) in [6, 6.07) is 5.67. The van der Waals surface area contributed by atoms with Gasteiger partial charge in [-0.2, -0.15) is 0 Å². The molecule has 2 fully saturated rings. The minimum Gasteiger partial charge on any atom is -0.466 e. The Balaban J connectivity index is 1.74. The Labute approximate surface area is 263 Å². The van der Waals surface area contributed by atoms with Gasteiger partial charge in [-0.15, -0.1) is 0 Å². The van der Waals surface area contributed by atoms with Crippen molar-refractivity contribution < 1.29 is 47.6 Å². The van der Waals surface area contributed by atoms with E-state index >= 15 is 0 Å². The Bertz CT molecular complexity index is 1180. The summed E-state index contributed by atoms with van der Waals surface area (Å²) in [4.78, 5) is 52.0. The Morgan fingerprint density at radius 1 is 1.20 bits per heavy atom. The van der Waals surface area contributed by atoms with Crippen molar-refractivity contribution >= 4 is 24.1 Å². The maximum absolute atomic E-state index is 14.3. The maximum Gasteiger partial charge on any atom is 0.412 e. The van der Waals surface area contributed by atoms with E-state index in [-0.39, 0.29) is 31.1 Å². The van der Waals surface area contributed by atoms with Gasteiger partial charge in [0.05, 0.1) is 39.6 Å². The summed E-state index contributed by atoms with van der Waals surface area (Å²) in [5, 5.41) is 16.1. The maximum atomic E-state index is 14.3. The van der Waals surface area contributed by atoms with E-state index in [1.54, 1.807) is 17.0 Å². The van der Waals surface area contributed by atoms with Crippen molar-refractivity contribution in [3.8, 4) is 0 Å². The quantitative estimate of drug-likeness (QED) is 0.205. The first-order chi connectivity index (χ1) is 21.7. The van der Waals surface area contributed by atoms with E-state index in [4.69, 9.17) is 9.47 Å². The van der Waals surface area contributed by atoms with Crippen LogP contribution in [0.2, 0.25) is 0 Å². The van der Waals surface area contributed by atoms with E-state index in [9.17, 15) is 28.7 Å².